The molecule has 0 aliphatic heterocycles. The lowest BCUT2D eigenvalue weighted by Crippen LogP contribution is -2.41. The van der Waals surface area contributed by atoms with Crippen molar-refractivity contribution in [1.29, 1.82) is 5.26 Å². The van der Waals surface area contributed by atoms with Gasteiger partial charge in [-0.05, 0) is 55.7 Å². The van der Waals surface area contributed by atoms with Crippen molar-refractivity contribution in [1.82, 2.24) is 9.97 Å². The van der Waals surface area contributed by atoms with E-state index in [1.165, 1.54) is 11.2 Å². The van der Waals surface area contributed by atoms with E-state index in [1.54, 1.807) is 6.92 Å². The van der Waals surface area contributed by atoms with Gasteiger partial charge in [-0.15, -0.1) is 0 Å². The van der Waals surface area contributed by atoms with Gasteiger partial charge in [0.2, 0.25) is 5.95 Å². The number of hydrogen-bond donors (Lipinski definition) is 5. The first-order chi connectivity index (χ1) is 15.7. The maximum absolute atomic E-state index is 10.2. The zero-order valence-corrected chi connectivity index (χ0v) is 19.4. The molecule has 1 aliphatic carbocycles. The van der Waals surface area contributed by atoms with Crippen molar-refractivity contribution in [3.05, 3.63) is 41.6 Å². The van der Waals surface area contributed by atoms with Crippen LogP contribution in [0.1, 0.15) is 51.2 Å². The largest absolute Gasteiger partial charge is 0.393 e. The number of aliphatic hydroxyl groups excluding tert-OH is 1. The molecule has 176 valence electrons. The highest BCUT2D eigenvalue weighted by molar-refractivity contribution is 5.94. The third kappa shape index (κ3) is 6.09. The average Bonchev–Trinajstić information content (AvgIpc) is 2.80. The SMILES string of the molecule is C/C(=N/N)N(N)c1cccc(CCNc2ncc(C#N)c(N[C@@H]3CCC(O)C(C)(C)C3)n2)c1. The Labute approximate surface area is 194 Å². The topological polar surface area (TPSA) is 162 Å². The highest BCUT2D eigenvalue weighted by Gasteiger charge is 2.35. The third-order valence-electron chi connectivity index (χ3n) is 6.13. The first kappa shape index (κ1) is 24.2. The number of nitriles is 1. The van der Waals surface area contributed by atoms with Gasteiger partial charge in [-0.1, -0.05) is 26.0 Å². The van der Waals surface area contributed by atoms with E-state index in [0.717, 1.165) is 36.9 Å². The molecule has 2 aromatic rings. The van der Waals surface area contributed by atoms with E-state index in [2.05, 4.69) is 45.6 Å². The normalized spacial score (nSPS) is 20.1. The minimum atomic E-state index is -0.315. The van der Waals surface area contributed by atoms with Crippen molar-refractivity contribution >= 4 is 23.3 Å². The van der Waals surface area contributed by atoms with Crippen LogP contribution in [0, 0.1) is 16.7 Å². The molecule has 0 radical (unpaired) electrons. The van der Waals surface area contributed by atoms with Crippen LogP contribution in [0.5, 0.6) is 0 Å². The highest BCUT2D eigenvalue weighted by atomic mass is 16.3. The number of hydrazone groups is 1. The summed E-state index contributed by atoms with van der Waals surface area (Å²) in [6.45, 7) is 6.46. The van der Waals surface area contributed by atoms with Crippen molar-refractivity contribution in [2.24, 2.45) is 22.2 Å². The van der Waals surface area contributed by atoms with E-state index in [4.69, 9.17) is 11.7 Å². The van der Waals surface area contributed by atoms with E-state index in [0.29, 0.717) is 29.7 Å². The Balaban J connectivity index is 1.63. The van der Waals surface area contributed by atoms with Gasteiger partial charge in [0, 0.05) is 12.6 Å². The zero-order chi connectivity index (χ0) is 24.0. The standard InChI is InChI=1S/C23H33N9O/c1-15(31-25)32(26)19-6-4-5-16(11-19)9-10-27-22-28-14-17(13-24)21(30-22)29-18-7-8-20(33)23(2,3)12-18/h4-6,11,14,18,20,33H,7-10,12,25-26H2,1-3H3,(H2,27,28,29,30)/b31-15-/t18-,20?/m1/s1. The lowest BCUT2D eigenvalue weighted by molar-refractivity contribution is 0.00926. The number of aliphatic hydroxyl groups is 1. The fourth-order valence-electron chi connectivity index (χ4n) is 4.03. The van der Waals surface area contributed by atoms with Crippen LogP contribution < -0.4 is 27.3 Å². The van der Waals surface area contributed by atoms with Crippen molar-refractivity contribution in [2.45, 2.75) is 58.6 Å². The summed E-state index contributed by atoms with van der Waals surface area (Å²) in [5, 5.41) is 31.4. The fraction of sp³-hybridized carbons (Fsp3) is 0.478. The number of aromatic nitrogens is 2. The lowest BCUT2D eigenvalue weighted by atomic mass is 9.73. The van der Waals surface area contributed by atoms with Gasteiger partial charge < -0.3 is 21.6 Å². The Bertz CT molecular complexity index is 1030. The molecule has 1 heterocycles. The number of benzene rings is 1. The maximum Gasteiger partial charge on any atom is 0.224 e. The number of nitrogens with one attached hydrogen (secondary N) is 2. The second-order valence-corrected chi connectivity index (χ2v) is 9.09. The molecule has 0 spiro atoms. The maximum atomic E-state index is 10.2. The number of amidine groups is 1. The number of nitrogens with two attached hydrogens (primary N) is 2. The van der Waals surface area contributed by atoms with Crippen molar-refractivity contribution < 1.29 is 5.11 Å². The Morgan fingerprint density at radius 1 is 1.39 bits per heavy atom. The van der Waals surface area contributed by atoms with E-state index in [1.807, 2.05) is 24.3 Å². The molecule has 1 unspecified atom stereocenters. The van der Waals surface area contributed by atoms with Gasteiger partial charge >= 0.3 is 0 Å². The van der Waals surface area contributed by atoms with Gasteiger partial charge in [0.1, 0.15) is 23.3 Å². The molecule has 10 heteroatoms. The quantitative estimate of drug-likeness (QED) is 0.184. The number of hydrogen-bond acceptors (Lipinski definition) is 9. The van der Waals surface area contributed by atoms with Gasteiger partial charge in [-0.3, -0.25) is 5.01 Å². The molecule has 0 bridgehead atoms. The molecule has 1 fully saturated rings. The highest BCUT2D eigenvalue weighted by Crippen LogP contribution is 2.36. The molecule has 3 rings (SSSR count). The Morgan fingerprint density at radius 3 is 2.88 bits per heavy atom. The monoisotopic (exact) mass is 451 g/mol. The molecule has 10 nitrogen and oxygen atoms in total. The molecule has 1 aromatic heterocycles. The Morgan fingerprint density at radius 2 is 2.18 bits per heavy atom. The zero-order valence-electron chi connectivity index (χ0n) is 19.4. The van der Waals surface area contributed by atoms with E-state index < -0.39 is 0 Å². The molecule has 1 aliphatic rings. The molecule has 7 N–H and O–H groups in total. The predicted octanol–water partition coefficient (Wildman–Crippen LogP) is 2.33. The van der Waals surface area contributed by atoms with Crippen LogP contribution in [-0.4, -0.2) is 39.6 Å². The summed E-state index contributed by atoms with van der Waals surface area (Å²) in [5.41, 5.74) is 2.09. The lowest BCUT2D eigenvalue weighted by Gasteiger charge is -2.40. The molecular formula is C23H33N9O. The fourth-order valence-corrected chi connectivity index (χ4v) is 4.03. The van der Waals surface area contributed by atoms with Crippen LogP contribution in [0.3, 0.4) is 0 Å². The summed E-state index contributed by atoms with van der Waals surface area (Å²) in [6, 6.07) is 10.1. The van der Waals surface area contributed by atoms with E-state index in [-0.39, 0.29) is 17.6 Å². The molecule has 0 amide bonds. The molecule has 33 heavy (non-hydrogen) atoms. The minimum Gasteiger partial charge on any atom is -0.393 e. The van der Waals surface area contributed by atoms with Crippen molar-refractivity contribution in [3.8, 4) is 6.07 Å². The number of hydrazine groups is 1. The van der Waals surface area contributed by atoms with Crippen LogP contribution in [-0.2, 0) is 6.42 Å². The first-order valence-corrected chi connectivity index (χ1v) is 11.1. The Hall–Kier alpha value is -3.42. The van der Waals surface area contributed by atoms with Crippen molar-refractivity contribution in [2.75, 3.05) is 22.2 Å². The minimum absolute atomic E-state index is 0.140. The smallest absolute Gasteiger partial charge is 0.224 e. The van der Waals surface area contributed by atoms with Crippen LogP contribution in [0.2, 0.25) is 0 Å². The van der Waals surface area contributed by atoms with Crippen LogP contribution in [0.25, 0.3) is 0 Å². The molecule has 1 saturated carbocycles. The van der Waals surface area contributed by atoms with Gasteiger partial charge in [-0.25, -0.2) is 10.8 Å². The summed E-state index contributed by atoms with van der Waals surface area (Å²) >= 11 is 0. The van der Waals surface area contributed by atoms with E-state index in [9.17, 15) is 10.4 Å². The van der Waals surface area contributed by atoms with Gasteiger partial charge in [0.05, 0.1) is 18.0 Å². The number of rotatable bonds is 7. The van der Waals surface area contributed by atoms with Gasteiger partial charge in [0.15, 0.2) is 0 Å². The summed E-state index contributed by atoms with van der Waals surface area (Å²) in [7, 11) is 0. The van der Waals surface area contributed by atoms with E-state index >= 15 is 0 Å². The average molecular weight is 452 g/mol. The molecule has 0 saturated heterocycles. The summed E-state index contributed by atoms with van der Waals surface area (Å²) in [6.07, 6.45) is 4.28. The summed E-state index contributed by atoms with van der Waals surface area (Å²) < 4.78 is 0. The first-order valence-electron chi connectivity index (χ1n) is 11.1. The summed E-state index contributed by atoms with van der Waals surface area (Å²) in [5.74, 6) is 12.8. The second kappa shape index (κ2) is 10.5. The van der Waals surface area contributed by atoms with Crippen LogP contribution in [0.4, 0.5) is 17.5 Å². The van der Waals surface area contributed by atoms with Crippen LogP contribution >= 0.6 is 0 Å². The number of anilines is 3. The third-order valence-corrected chi connectivity index (χ3v) is 6.13. The molecule has 1 aromatic carbocycles. The molecule has 2 atom stereocenters. The number of nitrogens with zero attached hydrogens (tertiary/aromatic N) is 5. The predicted molar refractivity (Wildman–Crippen MR) is 130 cm³/mol. The second-order valence-electron chi connectivity index (χ2n) is 9.09. The van der Waals surface area contributed by atoms with Gasteiger partial charge in [-0.2, -0.15) is 15.3 Å². The van der Waals surface area contributed by atoms with Gasteiger partial charge in [0.25, 0.3) is 0 Å². The summed E-state index contributed by atoms with van der Waals surface area (Å²) in [4.78, 5) is 8.81. The van der Waals surface area contributed by atoms with Crippen molar-refractivity contribution in [3.63, 3.8) is 0 Å². The molecular weight excluding hydrogens is 418 g/mol. The Kier molecular flexibility index (Phi) is 7.68. The van der Waals surface area contributed by atoms with Crippen LogP contribution in [0.15, 0.2) is 35.6 Å².